The first kappa shape index (κ1) is 15.1. The number of methoxy groups -OCH3 is 1. The molecule has 0 fully saturated rings. The Morgan fingerprint density at radius 2 is 1.86 bits per heavy atom. The van der Waals surface area contributed by atoms with Crippen molar-refractivity contribution in [3.8, 4) is 11.1 Å². The van der Waals surface area contributed by atoms with E-state index in [0.29, 0.717) is 11.4 Å². The van der Waals surface area contributed by atoms with Crippen LogP contribution >= 0.6 is 11.6 Å². The van der Waals surface area contributed by atoms with Crippen LogP contribution in [0.1, 0.15) is 10.4 Å². The lowest BCUT2D eigenvalue weighted by Crippen LogP contribution is -2.12. The van der Waals surface area contributed by atoms with Crippen LogP contribution in [0.3, 0.4) is 0 Å². The standard InChI is InChI=1S/C16H15ClN2O2/c1-21-16(20)12-8-6-11(7-9-12)13-4-2-3-5-14(13)19-15(18)10-17/h2-9H,10H2,1H3,(H2,18,19). The second kappa shape index (κ2) is 6.90. The van der Waals surface area contributed by atoms with Crippen LogP contribution in [0.5, 0.6) is 0 Å². The van der Waals surface area contributed by atoms with E-state index in [1.165, 1.54) is 7.11 Å². The van der Waals surface area contributed by atoms with Crippen LogP contribution in [-0.4, -0.2) is 24.8 Å². The molecule has 0 unspecified atom stereocenters. The Balaban J connectivity index is 2.40. The highest BCUT2D eigenvalue weighted by Crippen LogP contribution is 2.30. The number of nitrogens with two attached hydrogens (primary N) is 1. The molecule has 108 valence electrons. The number of halogens is 1. The first-order valence-electron chi connectivity index (χ1n) is 6.32. The number of hydrogen-bond donors (Lipinski definition) is 1. The van der Waals surface area contributed by atoms with Gasteiger partial charge in [-0.2, -0.15) is 0 Å². The Labute approximate surface area is 128 Å². The average Bonchev–Trinajstić information content (AvgIpc) is 2.54. The fourth-order valence-corrected chi connectivity index (χ4v) is 1.96. The van der Waals surface area contributed by atoms with Gasteiger partial charge in [0, 0.05) is 5.56 Å². The van der Waals surface area contributed by atoms with Gasteiger partial charge < -0.3 is 10.5 Å². The van der Waals surface area contributed by atoms with Gasteiger partial charge in [0.2, 0.25) is 0 Å². The number of rotatable bonds is 4. The van der Waals surface area contributed by atoms with E-state index in [4.69, 9.17) is 17.3 Å². The summed E-state index contributed by atoms with van der Waals surface area (Å²) in [5.41, 5.74) is 8.78. The number of para-hydroxylation sites is 1. The number of amidine groups is 1. The summed E-state index contributed by atoms with van der Waals surface area (Å²) in [6.45, 7) is 0. The van der Waals surface area contributed by atoms with Crippen molar-refractivity contribution < 1.29 is 9.53 Å². The summed E-state index contributed by atoms with van der Waals surface area (Å²) in [4.78, 5) is 15.7. The number of carbonyl (C=O) groups excluding carboxylic acids is 1. The van der Waals surface area contributed by atoms with Gasteiger partial charge in [-0.05, 0) is 23.8 Å². The zero-order valence-electron chi connectivity index (χ0n) is 11.5. The van der Waals surface area contributed by atoms with Crippen LogP contribution in [0.4, 0.5) is 5.69 Å². The maximum absolute atomic E-state index is 11.4. The van der Waals surface area contributed by atoms with Crippen molar-refractivity contribution in [2.24, 2.45) is 10.7 Å². The molecule has 0 saturated carbocycles. The molecule has 0 aliphatic heterocycles. The number of nitrogens with zero attached hydrogens (tertiary/aromatic N) is 1. The van der Waals surface area contributed by atoms with Crippen molar-refractivity contribution in [1.82, 2.24) is 0 Å². The summed E-state index contributed by atoms with van der Waals surface area (Å²) in [7, 11) is 1.36. The molecule has 2 rings (SSSR count). The van der Waals surface area contributed by atoms with Crippen LogP contribution in [0.2, 0.25) is 0 Å². The SMILES string of the molecule is COC(=O)c1ccc(-c2ccccc2N=C(N)CCl)cc1. The summed E-state index contributed by atoms with van der Waals surface area (Å²) < 4.78 is 4.68. The van der Waals surface area contributed by atoms with Gasteiger partial charge in [0.05, 0.1) is 24.2 Å². The molecule has 0 atom stereocenters. The van der Waals surface area contributed by atoms with Gasteiger partial charge in [-0.15, -0.1) is 11.6 Å². The van der Waals surface area contributed by atoms with Crippen LogP contribution in [0.25, 0.3) is 11.1 Å². The van der Waals surface area contributed by atoms with Crippen LogP contribution in [-0.2, 0) is 4.74 Å². The molecule has 0 spiro atoms. The highest BCUT2D eigenvalue weighted by molar-refractivity contribution is 6.28. The Bertz CT molecular complexity index is 666. The molecule has 0 saturated heterocycles. The van der Waals surface area contributed by atoms with Crippen molar-refractivity contribution in [2.45, 2.75) is 0 Å². The minimum absolute atomic E-state index is 0.176. The molecular weight excluding hydrogens is 288 g/mol. The summed E-state index contributed by atoms with van der Waals surface area (Å²) in [6, 6.07) is 14.7. The van der Waals surface area contributed by atoms with Gasteiger partial charge in [-0.1, -0.05) is 30.3 Å². The molecule has 2 aromatic carbocycles. The maximum atomic E-state index is 11.4. The molecule has 0 radical (unpaired) electrons. The van der Waals surface area contributed by atoms with E-state index in [-0.39, 0.29) is 11.8 Å². The average molecular weight is 303 g/mol. The van der Waals surface area contributed by atoms with E-state index in [0.717, 1.165) is 16.8 Å². The van der Waals surface area contributed by atoms with Gasteiger partial charge in [-0.3, -0.25) is 0 Å². The topological polar surface area (TPSA) is 64.7 Å². The monoisotopic (exact) mass is 302 g/mol. The lowest BCUT2D eigenvalue weighted by atomic mass is 10.0. The van der Waals surface area contributed by atoms with Crippen molar-refractivity contribution in [2.75, 3.05) is 13.0 Å². The van der Waals surface area contributed by atoms with Gasteiger partial charge in [0.15, 0.2) is 0 Å². The number of alkyl halides is 1. The van der Waals surface area contributed by atoms with E-state index in [1.807, 2.05) is 36.4 Å². The zero-order valence-corrected chi connectivity index (χ0v) is 12.3. The Hall–Kier alpha value is -2.33. The molecule has 4 nitrogen and oxygen atoms in total. The maximum Gasteiger partial charge on any atom is 0.337 e. The quantitative estimate of drug-likeness (QED) is 0.407. The third kappa shape index (κ3) is 3.61. The van der Waals surface area contributed by atoms with Crippen molar-refractivity contribution in [3.63, 3.8) is 0 Å². The fraction of sp³-hybridized carbons (Fsp3) is 0.125. The molecule has 21 heavy (non-hydrogen) atoms. The van der Waals surface area contributed by atoms with Gasteiger partial charge in [-0.25, -0.2) is 9.79 Å². The number of aliphatic imine (C=N–C) groups is 1. The second-order valence-corrected chi connectivity index (χ2v) is 4.59. The third-order valence-electron chi connectivity index (χ3n) is 2.92. The Morgan fingerprint density at radius 3 is 2.48 bits per heavy atom. The molecule has 0 amide bonds. The van der Waals surface area contributed by atoms with Gasteiger partial charge in [0.1, 0.15) is 5.84 Å². The molecule has 0 aliphatic carbocycles. The molecule has 0 aromatic heterocycles. The summed E-state index contributed by atoms with van der Waals surface area (Å²) in [6.07, 6.45) is 0. The van der Waals surface area contributed by atoms with Crippen molar-refractivity contribution >= 4 is 29.1 Å². The highest BCUT2D eigenvalue weighted by Gasteiger charge is 2.08. The lowest BCUT2D eigenvalue weighted by Gasteiger charge is -2.07. The first-order chi connectivity index (χ1) is 10.2. The molecule has 0 aliphatic rings. The predicted molar refractivity (Wildman–Crippen MR) is 85.2 cm³/mol. The molecule has 5 heteroatoms. The first-order valence-corrected chi connectivity index (χ1v) is 6.86. The molecule has 0 bridgehead atoms. The minimum Gasteiger partial charge on any atom is -0.465 e. The molecular formula is C16H15ClN2O2. The molecule has 0 heterocycles. The molecule has 2 N–H and O–H groups in total. The normalized spacial score (nSPS) is 11.2. The highest BCUT2D eigenvalue weighted by atomic mass is 35.5. The lowest BCUT2D eigenvalue weighted by molar-refractivity contribution is 0.0601. The summed E-state index contributed by atoms with van der Waals surface area (Å²) in [5.74, 6) is 0.171. The smallest absolute Gasteiger partial charge is 0.337 e. The predicted octanol–water partition coefficient (Wildman–Crippen LogP) is 3.37. The van der Waals surface area contributed by atoms with E-state index in [2.05, 4.69) is 9.73 Å². The third-order valence-corrected chi connectivity index (χ3v) is 3.20. The van der Waals surface area contributed by atoms with Crippen LogP contribution in [0.15, 0.2) is 53.5 Å². The number of carbonyl (C=O) groups is 1. The van der Waals surface area contributed by atoms with E-state index >= 15 is 0 Å². The van der Waals surface area contributed by atoms with Crippen molar-refractivity contribution in [1.29, 1.82) is 0 Å². The Kier molecular flexibility index (Phi) is 4.95. The van der Waals surface area contributed by atoms with Crippen molar-refractivity contribution in [3.05, 3.63) is 54.1 Å². The zero-order chi connectivity index (χ0) is 15.2. The van der Waals surface area contributed by atoms with E-state index < -0.39 is 0 Å². The van der Waals surface area contributed by atoms with E-state index in [9.17, 15) is 4.79 Å². The minimum atomic E-state index is -0.362. The largest absolute Gasteiger partial charge is 0.465 e. The number of hydrogen-bond acceptors (Lipinski definition) is 3. The molecule has 2 aromatic rings. The second-order valence-electron chi connectivity index (χ2n) is 4.32. The van der Waals surface area contributed by atoms with Crippen LogP contribution in [0, 0.1) is 0 Å². The van der Waals surface area contributed by atoms with Gasteiger partial charge in [0.25, 0.3) is 0 Å². The van der Waals surface area contributed by atoms with E-state index in [1.54, 1.807) is 12.1 Å². The van der Waals surface area contributed by atoms with Gasteiger partial charge >= 0.3 is 5.97 Å². The Morgan fingerprint density at radius 1 is 1.19 bits per heavy atom. The summed E-state index contributed by atoms with van der Waals surface area (Å²) >= 11 is 5.66. The number of benzene rings is 2. The van der Waals surface area contributed by atoms with Crippen LogP contribution < -0.4 is 5.73 Å². The number of esters is 1. The summed E-state index contributed by atoms with van der Waals surface area (Å²) in [5, 5.41) is 0. The number of ether oxygens (including phenoxy) is 1. The fourth-order valence-electron chi connectivity index (χ4n) is 1.90.